The van der Waals surface area contributed by atoms with E-state index in [2.05, 4.69) is 11.0 Å². The first kappa shape index (κ1) is 14.8. The Morgan fingerprint density at radius 1 is 1.35 bits per heavy atom. The summed E-state index contributed by atoms with van der Waals surface area (Å²) in [6, 6.07) is 8.09. The van der Waals surface area contributed by atoms with Crippen LogP contribution in [0.15, 0.2) is 24.3 Å². The number of nitrogens with zero attached hydrogens (tertiary/aromatic N) is 1. The number of hydrogen-bond acceptors (Lipinski definition) is 2. The van der Waals surface area contributed by atoms with Crippen molar-refractivity contribution in [2.24, 2.45) is 11.7 Å². The molecule has 1 aliphatic rings. The molecule has 1 unspecified atom stereocenters. The molecule has 1 saturated heterocycles. The molecule has 0 amide bonds. The van der Waals surface area contributed by atoms with Crippen LogP contribution in [-0.4, -0.2) is 24.5 Å². The van der Waals surface area contributed by atoms with Crippen molar-refractivity contribution >= 4 is 24.0 Å². The Labute approximate surface area is 115 Å². The molecule has 2 nitrogen and oxygen atoms in total. The molecule has 2 N–H and O–H groups in total. The molecule has 0 radical (unpaired) electrons. The zero-order chi connectivity index (χ0) is 11.4. The van der Waals surface area contributed by atoms with Crippen LogP contribution >= 0.6 is 24.0 Å². The van der Waals surface area contributed by atoms with Crippen LogP contribution in [0, 0.1) is 5.92 Å². The SMILES string of the molecule is Cl.NCC1CCCN(Cc2ccccc2Cl)C1. The average Bonchev–Trinajstić information content (AvgIpc) is 2.32. The largest absolute Gasteiger partial charge is 0.330 e. The van der Waals surface area contributed by atoms with Crippen LogP contribution in [0.2, 0.25) is 5.02 Å². The van der Waals surface area contributed by atoms with Gasteiger partial charge in [-0.25, -0.2) is 0 Å². The normalized spacial score (nSPS) is 20.9. The van der Waals surface area contributed by atoms with Gasteiger partial charge in [0.1, 0.15) is 0 Å². The minimum absolute atomic E-state index is 0. The number of likely N-dealkylation sites (tertiary alicyclic amines) is 1. The molecule has 1 heterocycles. The fourth-order valence-electron chi connectivity index (χ4n) is 2.35. The fourth-order valence-corrected chi connectivity index (χ4v) is 2.55. The Balaban J connectivity index is 0.00000144. The van der Waals surface area contributed by atoms with Gasteiger partial charge in [0.05, 0.1) is 0 Å². The molecule has 0 spiro atoms. The summed E-state index contributed by atoms with van der Waals surface area (Å²) in [5, 5.41) is 0.873. The first-order valence-corrected chi connectivity index (χ1v) is 6.33. The molecule has 1 aromatic rings. The zero-order valence-corrected chi connectivity index (χ0v) is 11.5. The summed E-state index contributed by atoms with van der Waals surface area (Å²) in [5.74, 6) is 0.663. The molecule has 0 bridgehead atoms. The molecule has 1 aliphatic heterocycles. The number of piperidine rings is 1. The van der Waals surface area contributed by atoms with Crippen LogP contribution in [0.1, 0.15) is 18.4 Å². The lowest BCUT2D eigenvalue weighted by Crippen LogP contribution is -2.37. The smallest absolute Gasteiger partial charge is 0.0451 e. The third-order valence-electron chi connectivity index (χ3n) is 3.29. The summed E-state index contributed by atoms with van der Waals surface area (Å²) < 4.78 is 0. The van der Waals surface area contributed by atoms with Gasteiger partial charge in [0.15, 0.2) is 0 Å². The minimum Gasteiger partial charge on any atom is -0.330 e. The van der Waals surface area contributed by atoms with E-state index < -0.39 is 0 Å². The second-order valence-corrected chi connectivity index (χ2v) is 4.98. The van der Waals surface area contributed by atoms with E-state index in [9.17, 15) is 0 Å². The lowest BCUT2D eigenvalue weighted by Gasteiger charge is -2.32. The van der Waals surface area contributed by atoms with Crippen LogP contribution in [-0.2, 0) is 6.54 Å². The van der Waals surface area contributed by atoms with Gasteiger partial charge >= 0.3 is 0 Å². The molecular formula is C13H20Cl2N2. The predicted molar refractivity (Wildman–Crippen MR) is 75.8 cm³/mol. The van der Waals surface area contributed by atoms with Gasteiger partial charge in [0, 0.05) is 18.1 Å². The zero-order valence-electron chi connectivity index (χ0n) is 9.94. The maximum absolute atomic E-state index is 6.16. The number of benzene rings is 1. The molecular weight excluding hydrogens is 255 g/mol. The molecule has 96 valence electrons. The number of nitrogens with two attached hydrogens (primary N) is 1. The summed E-state index contributed by atoms with van der Waals surface area (Å²) in [6.07, 6.45) is 2.53. The summed E-state index contributed by atoms with van der Waals surface area (Å²) in [6.45, 7) is 4.04. The number of halogens is 2. The Kier molecular flexibility index (Phi) is 6.28. The molecule has 0 aliphatic carbocycles. The van der Waals surface area contributed by atoms with Crippen molar-refractivity contribution in [3.8, 4) is 0 Å². The second kappa shape index (κ2) is 7.22. The van der Waals surface area contributed by atoms with Gasteiger partial charge in [-0.2, -0.15) is 0 Å². The highest BCUT2D eigenvalue weighted by atomic mass is 35.5. The standard InChI is InChI=1S/C13H19ClN2.ClH/c14-13-6-2-1-5-12(13)10-16-7-3-4-11(8-15)9-16;/h1-2,5-6,11H,3-4,7-10,15H2;1H. The third-order valence-corrected chi connectivity index (χ3v) is 3.66. The van der Waals surface area contributed by atoms with Gasteiger partial charge in [-0.15, -0.1) is 12.4 Å². The van der Waals surface area contributed by atoms with E-state index in [0.717, 1.165) is 24.7 Å². The highest BCUT2D eigenvalue weighted by molar-refractivity contribution is 6.31. The van der Waals surface area contributed by atoms with Crippen LogP contribution in [0.3, 0.4) is 0 Å². The minimum atomic E-state index is 0. The van der Waals surface area contributed by atoms with Crippen molar-refractivity contribution in [3.63, 3.8) is 0 Å². The van der Waals surface area contributed by atoms with Crippen LogP contribution < -0.4 is 5.73 Å². The molecule has 0 aromatic heterocycles. The Bertz CT molecular complexity index is 344. The predicted octanol–water partition coefficient (Wildman–Crippen LogP) is 2.93. The first-order valence-electron chi connectivity index (χ1n) is 5.95. The molecule has 1 atom stereocenters. The van der Waals surface area contributed by atoms with E-state index in [4.69, 9.17) is 17.3 Å². The Morgan fingerprint density at radius 2 is 2.12 bits per heavy atom. The first-order chi connectivity index (χ1) is 7.79. The average molecular weight is 275 g/mol. The quantitative estimate of drug-likeness (QED) is 0.919. The van der Waals surface area contributed by atoms with E-state index in [0.29, 0.717) is 5.92 Å². The molecule has 0 saturated carbocycles. The van der Waals surface area contributed by atoms with Crippen molar-refractivity contribution < 1.29 is 0 Å². The van der Waals surface area contributed by atoms with Gasteiger partial charge in [-0.3, -0.25) is 4.90 Å². The lowest BCUT2D eigenvalue weighted by atomic mass is 9.98. The van der Waals surface area contributed by atoms with E-state index in [1.54, 1.807) is 0 Å². The van der Waals surface area contributed by atoms with Gasteiger partial charge in [-0.1, -0.05) is 29.8 Å². The van der Waals surface area contributed by atoms with Crippen LogP contribution in [0.4, 0.5) is 0 Å². The maximum atomic E-state index is 6.16. The van der Waals surface area contributed by atoms with Gasteiger partial charge in [0.2, 0.25) is 0 Å². The summed E-state index contributed by atoms with van der Waals surface area (Å²) in [4.78, 5) is 2.46. The molecule has 2 rings (SSSR count). The molecule has 4 heteroatoms. The number of rotatable bonds is 3. The monoisotopic (exact) mass is 274 g/mol. The van der Waals surface area contributed by atoms with Crippen molar-refractivity contribution in [2.75, 3.05) is 19.6 Å². The van der Waals surface area contributed by atoms with Crippen molar-refractivity contribution in [1.82, 2.24) is 4.90 Å². The summed E-state index contributed by atoms with van der Waals surface area (Å²) >= 11 is 6.16. The van der Waals surface area contributed by atoms with Crippen LogP contribution in [0.25, 0.3) is 0 Å². The highest BCUT2D eigenvalue weighted by Gasteiger charge is 2.18. The van der Waals surface area contributed by atoms with Gasteiger partial charge in [0.25, 0.3) is 0 Å². The molecule has 1 aromatic carbocycles. The second-order valence-electron chi connectivity index (χ2n) is 4.57. The van der Waals surface area contributed by atoms with Gasteiger partial charge in [-0.05, 0) is 43.5 Å². The van der Waals surface area contributed by atoms with Crippen molar-refractivity contribution in [2.45, 2.75) is 19.4 Å². The maximum Gasteiger partial charge on any atom is 0.0451 e. The molecule has 1 fully saturated rings. The highest BCUT2D eigenvalue weighted by Crippen LogP contribution is 2.21. The van der Waals surface area contributed by atoms with E-state index in [-0.39, 0.29) is 12.4 Å². The Morgan fingerprint density at radius 3 is 2.82 bits per heavy atom. The molecule has 17 heavy (non-hydrogen) atoms. The summed E-state index contributed by atoms with van der Waals surface area (Å²) in [5.41, 5.74) is 6.96. The van der Waals surface area contributed by atoms with E-state index in [1.807, 2.05) is 18.2 Å². The topological polar surface area (TPSA) is 29.3 Å². The van der Waals surface area contributed by atoms with E-state index >= 15 is 0 Å². The fraction of sp³-hybridized carbons (Fsp3) is 0.538. The van der Waals surface area contributed by atoms with Crippen molar-refractivity contribution in [3.05, 3.63) is 34.9 Å². The van der Waals surface area contributed by atoms with Crippen LogP contribution in [0.5, 0.6) is 0 Å². The number of hydrogen-bond donors (Lipinski definition) is 1. The summed E-state index contributed by atoms with van der Waals surface area (Å²) in [7, 11) is 0. The van der Waals surface area contributed by atoms with E-state index in [1.165, 1.54) is 24.9 Å². The van der Waals surface area contributed by atoms with Crippen molar-refractivity contribution in [1.29, 1.82) is 0 Å². The Hall–Kier alpha value is -0.280. The third kappa shape index (κ3) is 4.14. The lowest BCUT2D eigenvalue weighted by molar-refractivity contribution is 0.171. The van der Waals surface area contributed by atoms with Gasteiger partial charge < -0.3 is 5.73 Å².